The second kappa shape index (κ2) is 5.04. The van der Waals surface area contributed by atoms with Crippen LogP contribution in [0.1, 0.15) is 18.5 Å². The van der Waals surface area contributed by atoms with Crippen molar-refractivity contribution in [1.29, 1.82) is 0 Å². The van der Waals surface area contributed by atoms with Crippen LogP contribution in [0.5, 0.6) is 5.75 Å². The summed E-state index contributed by atoms with van der Waals surface area (Å²) in [7, 11) is 0. The predicted octanol–water partition coefficient (Wildman–Crippen LogP) is 3.84. The van der Waals surface area contributed by atoms with Crippen molar-refractivity contribution >= 4 is 5.69 Å². The van der Waals surface area contributed by atoms with Gasteiger partial charge in [0, 0.05) is 17.3 Å². The van der Waals surface area contributed by atoms with E-state index in [-0.39, 0.29) is 11.3 Å². The van der Waals surface area contributed by atoms with Crippen molar-refractivity contribution in [1.82, 2.24) is 0 Å². The summed E-state index contributed by atoms with van der Waals surface area (Å²) < 4.78 is 27.1. The summed E-state index contributed by atoms with van der Waals surface area (Å²) in [4.78, 5) is 0. The van der Waals surface area contributed by atoms with Crippen LogP contribution in [0.4, 0.5) is 14.5 Å². The number of hydrogen-bond donors (Lipinski definition) is 2. The standard InChI is InChI=1S/C14H13F2NO/c1-9(14-12(15)6-3-7-13(14)16)17-10-4-2-5-11(18)8-10/h2-9,17-18H,1H3. The van der Waals surface area contributed by atoms with E-state index in [9.17, 15) is 13.9 Å². The molecule has 1 unspecified atom stereocenters. The van der Waals surface area contributed by atoms with E-state index in [1.165, 1.54) is 30.3 Å². The van der Waals surface area contributed by atoms with E-state index in [2.05, 4.69) is 5.32 Å². The topological polar surface area (TPSA) is 32.3 Å². The van der Waals surface area contributed by atoms with Crippen LogP contribution in [-0.4, -0.2) is 5.11 Å². The zero-order valence-corrected chi connectivity index (χ0v) is 9.82. The molecule has 0 aliphatic heterocycles. The van der Waals surface area contributed by atoms with Crippen LogP contribution in [0.25, 0.3) is 0 Å². The number of rotatable bonds is 3. The molecular weight excluding hydrogens is 236 g/mol. The quantitative estimate of drug-likeness (QED) is 0.866. The molecule has 18 heavy (non-hydrogen) atoms. The smallest absolute Gasteiger partial charge is 0.131 e. The summed E-state index contributed by atoms with van der Waals surface area (Å²) in [6.07, 6.45) is 0. The fourth-order valence-corrected chi connectivity index (χ4v) is 1.84. The van der Waals surface area contributed by atoms with Gasteiger partial charge >= 0.3 is 0 Å². The predicted molar refractivity (Wildman–Crippen MR) is 66.5 cm³/mol. The zero-order chi connectivity index (χ0) is 13.1. The molecule has 2 aromatic carbocycles. The highest BCUT2D eigenvalue weighted by Gasteiger charge is 2.15. The zero-order valence-electron chi connectivity index (χ0n) is 9.82. The molecule has 2 N–H and O–H groups in total. The van der Waals surface area contributed by atoms with E-state index >= 15 is 0 Å². The summed E-state index contributed by atoms with van der Waals surface area (Å²) >= 11 is 0. The van der Waals surface area contributed by atoms with Gasteiger partial charge in [0.15, 0.2) is 0 Å². The van der Waals surface area contributed by atoms with E-state index in [4.69, 9.17) is 0 Å². The lowest BCUT2D eigenvalue weighted by Crippen LogP contribution is -2.10. The Morgan fingerprint density at radius 3 is 2.28 bits per heavy atom. The molecule has 0 aliphatic rings. The van der Waals surface area contributed by atoms with Gasteiger partial charge in [-0.05, 0) is 31.2 Å². The van der Waals surface area contributed by atoms with Gasteiger partial charge in [-0.2, -0.15) is 0 Å². The molecule has 2 nitrogen and oxygen atoms in total. The van der Waals surface area contributed by atoms with E-state index in [1.54, 1.807) is 19.1 Å². The van der Waals surface area contributed by atoms with Gasteiger partial charge in [-0.25, -0.2) is 8.78 Å². The molecule has 2 rings (SSSR count). The molecule has 0 bridgehead atoms. The maximum atomic E-state index is 13.6. The maximum absolute atomic E-state index is 13.6. The van der Waals surface area contributed by atoms with Gasteiger partial charge in [-0.3, -0.25) is 0 Å². The molecule has 4 heteroatoms. The fraction of sp³-hybridized carbons (Fsp3) is 0.143. The molecule has 94 valence electrons. The van der Waals surface area contributed by atoms with Crippen molar-refractivity contribution in [3.8, 4) is 5.75 Å². The minimum Gasteiger partial charge on any atom is -0.508 e. The van der Waals surface area contributed by atoms with Gasteiger partial charge in [-0.1, -0.05) is 12.1 Å². The highest BCUT2D eigenvalue weighted by atomic mass is 19.1. The van der Waals surface area contributed by atoms with Crippen LogP contribution in [0.3, 0.4) is 0 Å². The molecule has 0 saturated heterocycles. The van der Waals surface area contributed by atoms with Crippen LogP contribution < -0.4 is 5.32 Å². The number of anilines is 1. The first-order chi connectivity index (χ1) is 8.58. The van der Waals surface area contributed by atoms with E-state index in [0.29, 0.717) is 5.69 Å². The number of aromatic hydroxyl groups is 1. The van der Waals surface area contributed by atoms with Crippen LogP contribution in [-0.2, 0) is 0 Å². The molecule has 0 radical (unpaired) electrons. The first-order valence-electron chi connectivity index (χ1n) is 5.57. The first-order valence-corrected chi connectivity index (χ1v) is 5.57. The fourth-order valence-electron chi connectivity index (χ4n) is 1.84. The highest BCUT2D eigenvalue weighted by molar-refractivity contribution is 5.49. The van der Waals surface area contributed by atoms with Crippen LogP contribution in [0, 0.1) is 11.6 Å². The lowest BCUT2D eigenvalue weighted by Gasteiger charge is -2.17. The monoisotopic (exact) mass is 249 g/mol. The van der Waals surface area contributed by atoms with Crippen molar-refractivity contribution in [3.63, 3.8) is 0 Å². The second-order valence-corrected chi connectivity index (χ2v) is 4.05. The number of hydrogen-bond acceptors (Lipinski definition) is 2. The Hall–Kier alpha value is -2.10. The largest absolute Gasteiger partial charge is 0.508 e. The summed E-state index contributed by atoms with van der Waals surface area (Å²) in [6.45, 7) is 1.66. The van der Waals surface area contributed by atoms with Crippen LogP contribution in [0.15, 0.2) is 42.5 Å². The highest BCUT2D eigenvalue weighted by Crippen LogP contribution is 2.25. The third-order valence-electron chi connectivity index (χ3n) is 2.66. The summed E-state index contributed by atoms with van der Waals surface area (Å²) in [5.41, 5.74) is 0.589. The van der Waals surface area contributed by atoms with Crippen molar-refractivity contribution < 1.29 is 13.9 Å². The molecule has 0 amide bonds. The molecule has 2 aromatic rings. The molecule has 0 fully saturated rings. The molecule has 0 saturated carbocycles. The second-order valence-electron chi connectivity index (χ2n) is 4.05. The van der Waals surface area contributed by atoms with Crippen molar-refractivity contribution in [2.45, 2.75) is 13.0 Å². The lowest BCUT2D eigenvalue weighted by molar-refractivity contribution is 0.475. The Morgan fingerprint density at radius 2 is 1.67 bits per heavy atom. The van der Waals surface area contributed by atoms with Gasteiger partial charge in [0.1, 0.15) is 17.4 Å². The minimum atomic E-state index is -0.588. The third-order valence-corrected chi connectivity index (χ3v) is 2.66. The molecule has 0 aliphatic carbocycles. The van der Waals surface area contributed by atoms with Gasteiger partial charge in [0.25, 0.3) is 0 Å². The minimum absolute atomic E-state index is 0.0131. The average molecular weight is 249 g/mol. The number of nitrogens with one attached hydrogen (secondary N) is 1. The van der Waals surface area contributed by atoms with Gasteiger partial charge in [0.2, 0.25) is 0 Å². The summed E-state index contributed by atoms with van der Waals surface area (Å²) in [5.74, 6) is -1.08. The maximum Gasteiger partial charge on any atom is 0.131 e. The van der Waals surface area contributed by atoms with Crippen molar-refractivity contribution in [3.05, 3.63) is 59.7 Å². The Morgan fingerprint density at radius 1 is 1.06 bits per heavy atom. The number of halogens is 2. The summed E-state index contributed by atoms with van der Waals surface area (Å²) in [5, 5.41) is 12.3. The lowest BCUT2D eigenvalue weighted by atomic mass is 10.1. The van der Waals surface area contributed by atoms with Gasteiger partial charge < -0.3 is 10.4 Å². The molecular formula is C14H13F2NO. The first kappa shape index (κ1) is 12.4. The van der Waals surface area contributed by atoms with Crippen LogP contribution >= 0.6 is 0 Å². The summed E-state index contributed by atoms with van der Waals surface area (Å²) in [6, 6.07) is 9.63. The number of benzene rings is 2. The SMILES string of the molecule is CC(Nc1cccc(O)c1)c1c(F)cccc1F. The molecule has 0 aromatic heterocycles. The Bertz CT molecular complexity index is 537. The van der Waals surface area contributed by atoms with E-state index in [0.717, 1.165) is 0 Å². The van der Waals surface area contributed by atoms with Crippen molar-refractivity contribution in [2.24, 2.45) is 0 Å². The molecule has 1 atom stereocenters. The third kappa shape index (κ3) is 2.59. The Balaban J connectivity index is 2.25. The van der Waals surface area contributed by atoms with Crippen LogP contribution in [0.2, 0.25) is 0 Å². The normalized spacial score (nSPS) is 12.2. The Kier molecular flexibility index (Phi) is 3.46. The molecule has 0 heterocycles. The Labute approximate surface area is 104 Å². The molecule has 0 spiro atoms. The van der Waals surface area contributed by atoms with Gasteiger partial charge in [-0.15, -0.1) is 0 Å². The number of phenols is 1. The number of phenolic OH excluding ortho intramolecular Hbond substituents is 1. The van der Waals surface area contributed by atoms with E-state index < -0.39 is 17.7 Å². The van der Waals surface area contributed by atoms with Crippen molar-refractivity contribution in [2.75, 3.05) is 5.32 Å². The van der Waals surface area contributed by atoms with Gasteiger partial charge in [0.05, 0.1) is 6.04 Å². The average Bonchev–Trinajstić information content (AvgIpc) is 2.28. The van der Waals surface area contributed by atoms with E-state index in [1.807, 2.05) is 0 Å².